The molecule has 0 atom stereocenters. The maximum Gasteiger partial charge on any atom is 0.264 e. The van der Waals surface area contributed by atoms with Crippen molar-refractivity contribution in [3.63, 3.8) is 0 Å². The lowest BCUT2D eigenvalue weighted by Crippen LogP contribution is -2.26. The maximum absolute atomic E-state index is 11.3. The van der Waals surface area contributed by atoms with Crippen molar-refractivity contribution in [3.05, 3.63) is 60.2 Å². The predicted molar refractivity (Wildman–Crippen MR) is 107 cm³/mol. The average Bonchev–Trinajstić information content (AvgIpc) is 3.23. The highest BCUT2D eigenvalue weighted by Gasteiger charge is 2.55. The standard InChI is InChI=1S/C22H26O5S/c1-28(23,24)26-17-21-10-12-22(16-21,13-11-21)25-15-18-6-5-9-20(14-18)27-19-7-3-2-4-8-19/h2-9,14H,10-13,15-17H2,1H3. The second kappa shape index (κ2) is 7.50. The van der Waals surface area contributed by atoms with Crippen LogP contribution in [-0.2, 0) is 25.6 Å². The van der Waals surface area contributed by atoms with Gasteiger partial charge in [-0.1, -0.05) is 30.3 Å². The Morgan fingerprint density at radius 2 is 1.64 bits per heavy atom. The largest absolute Gasteiger partial charge is 0.457 e. The zero-order valence-corrected chi connectivity index (χ0v) is 16.9. The summed E-state index contributed by atoms with van der Waals surface area (Å²) in [4.78, 5) is 0. The lowest BCUT2D eigenvalue weighted by Gasteiger charge is -2.27. The van der Waals surface area contributed by atoms with Crippen molar-refractivity contribution in [1.29, 1.82) is 0 Å². The van der Waals surface area contributed by atoms with E-state index in [1.165, 1.54) is 0 Å². The molecule has 0 unspecified atom stereocenters. The van der Waals surface area contributed by atoms with Gasteiger partial charge in [0.05, 0.1) is 25.1 Å². The average molecular weight is 403 g/mol. The zero-order valence-electron chi connectivity index (χ0n) is 16.1. The van der Waals surface area contributed by atoms with Gasteiger partial charge in [-0.3, -0.25) is 4.18 Å². The second-order valence-electron chi connectivity index (χ2n) is 8.18. The number of fused-ring (bicyclic) bond motifs is 2. The molecule has 2 aromatic carbocycles. The maximum atomic E-state index is 11.3. The quantitative estimate of drug-likeness (QED) is 0.600. The van der Waals surface area contributed by atoms with Gasteiger partial charge in [-0.2, -0.15) is 8.42 Å². The molecular formula is C22H26O5S. The van der Waals surface area contributed by atoms with E-state index in [1.54, 1.807) is 0 Å². The van der Waals surface area contributed by atoms with Crippen LogP contribution in [0.1, 0.15) is 37.7 Å². The minimum absolute atomic E-state index is 0.0542. The summed E-state index contributed by atoms with van der Waals surface area (Å²) in [6.07, 6.45) is 5.82. The van der Waals surface area contributed by atoms with E-state index in [1.807, 2.05) is 54.6 Å². The summed E-state index contributed by atoms with van der Waals surface area (Å²) in [6, 6.07) is 17.7. The van der Waals surface area contributed by atoms with Gasteiger partial charge in [-0.05, 0) is 67.3 Å². The number of benzene rings is 2. The number of rotatable bonds is 8. The monoisotopic (exact) mass is 402 g/mol. The summed E-state index contributed by atoms with van der Waals surface area (Å²) in [5, 5.41) is 0. The van der Waals surface area contributed by atoms with Crippen molar-refractivity contribution >= 4 is 10.1 Å². The summed E-state index contributed by atoms with van der Waals surface area (Å²) < 4.78 is 40.1. The van der Waals surface area contributed by atoms with Crippen LogP contribution in [0, 0.1) is 5.41 Å². The molecule has 2 bridgehead atoms. The first-order chi connectivity index (χ1) is 13.4. The Hall–Kier alpha value is -1.89. The lowest BCUT2D eigenvalue weighted by atomic mass is 9.85. The fourth-order valence-electron chi connectivity index (χ4n) is 4.46. The molecule has 0 heterocycles. The van der Waals surface area contributed by atoms with Crippen molar-refractivity contribution < 1.29 is 22.1 Å². The first-order valence-electron chi connectivity index (χ1n) is 9.66. The van der Waals surface area contributed by atoms with E-state index in [4.69, 9.17) is 13.7 Å². The van der Waals surface area contributed by atoms with Crippen molar-refractivity contribution in [3.8, 4) is 11.5 Å². The van der Waals surface area contributed by atoms with E-state index in [-0.39, 0.29) is 17.6 Å². The molecule has 0 aromatic heterocycles. The summed E-state index contributed by atoms with van der Waals surface area (Å²) >= 11 is 0. The summed E-state index contributed by atoms with van der Waals surface area (Å²) in [5.41, 5.74) is 0.859. The third kappa shape index (κ3) is 4.57. The number of hydrogen-bond donors (Lipinski definition) is 0. The molecule has 0 radical (unpaired) electrons. The van der Waals surface area contributed by atoms with Crippen molar-refractivity contribution in [1.82, 2.24) is 0 Å². The van der Waals surface area contributed by atoms with Crippen LogP contribution in [0.5, 0.6) is 11.5 Å². The van der Waals surface area contributed by atoms with Gasteiger partial charge in [0.2, 0.25) is 0 Å². The fraction of sp³-hybridized carbons (Fsp3) is 0.455. The highest BCUT2D eigenvalue weighted by atomic mass is 32.2. The minimum Gasteiger partial charge on any atom is -0.457 e. The summed E-state index contributed by atoms with van der Waals surface area (Å²) in [7, 11) is -3.40. The fourth-order valence-corrected chi connectivity index (χ4v) is 4.92. The minimum atomic E-state index is -3.40. The van der Waals surface area contributed by atoms with Gasteiger partial charge in [0.15, 0.2) is 0 Å². The van der Waals surface area contributed by atoms with E-state index in [9.17, 15) is 8.42 Å². The van der Waals surface area contributed by atoms with Gasteiger partial charge in [-0.15, -0.1) is 0 Å². The van der Waals surface area contributed by atoms with Gasteiger partial charge in [-0.25, -0.2) is 0 Å². The van der Waals surface area contributed by atoms with Crippen molar-refractivity contribution in [2.75, 3.05) is 12.9 Å². The molecule has 4 rings (SSSR count). The van der Waals surface area contributed by atoms with Crippen LogP contribution in [-0.4, -0.2) is 26.9 Å². The Balaban J connectivity index is 1.36. The van der Waals surface area contributed by atoms with Gasteiger partial charge in [0, 0.05) is 0 Å². The number of ether oxygens (including phenoxy) is 2. The van der Waals surface area contributed by atoms with Gasteiger partial charge >= 0.3 is 0 Å². The molecule has 150 valence electrons. The molecule has 0 N–H and O–H groups in total. The SMILES string of the molecule is CS(=O)(=O)OCC12CCC(OCc3cccc(Oc4ccccc4)c3)(CC1)C2. The van der Waals surface area contributed by atoms with Crippen molar-refractivity contribution in [2.45, 2.75) is 44.3 Å². The Morgan fingerprint density at radius 3 is 2.36 bits per heavy atom. The molecule has 2 aromatic rings. The van der Waals surface area contributed by atoms with E-state index < -0.39 is 10.1 Å². The van der Waals surface area contributed by atoms with E-state index in [2.05, 4.69) is 0 Å². The molecule has 2 aliphatic rings. The molecule has 28 heavy (non-hydrogen) atoms. The highest BCUT2D eigenvalue weighted by molar-refractivity contribution is 7.85. The molecule has 0 saturated heterocycles. The van der Waals surface area contributed by atoms with Crippen LogP contribution in [0.25, 0.3) is 0 Å². The third-order valence-corrected chi connectivity index (χ3v) is 6.47. The van der Waals surface area contributed by atoms with Crippen LogP contribution >= 0.6 is 0 Å². The predicted octanol–water partition coefficient (Wildman–Crippen LogP) is 4.67. The molecule has 2 fully saturated rings. The molecule has 6 heteroatoms. The molecule has 0 aliphatic heterocycles. The van der Waals surface area contributed by atoms with E-state index in [0.29, 0.717) is 6.61 Å². The van der Waals surface area contributed by atoms with E-state index in [0.717, 1.165) is 55.4 Å². The molecule has 2 saturated carbocycles. The Bertz CT molecular complexity index is 915. The first kappa shape index (κ1) is 19.4. The number of hydrogen-bond acceptors (Lipinski definition) is 5. The molecule has 0 spiro atoms. The van der Waals surface area contributed by atoms with Gasteiger partial charge in [0.25, 0.3) is 10.1 Å². The topological polar surface area (TPSA) is 61.8 Å². The van der Waals surface area contributed by atoms with Crippen LogP contribution in [0.4, 0.5) is 0 Å². The van der Waals surface area contributed by atoms with Crippen LogP contribution < -0.4 is 4.74 Å². The number of para-hydroxylation sites is 1. The summed E-state index contributed by atoms with van der Waals surface area (Å²) in [5.74, 6) is 1.60. The normalized spacial score (nSPS) is 26.5. The Labute approximate surface area is 166 Å². The van der Waals surface area contributed by atoms with Gasteiger partial charge < -0.3 is 9.47 Å². The van der Waals surface area contributed by atoms with Crippen LogP contribution in [0.3, 0.4) is 0 Å². The van der Waals surface area contributed by atoms with E-state index >= 15 is 0 Å². The van der Waals surface area contributed by atoms with Crippen LogP contribution in [0.15, 0.2) is 54.6 Å². The molecular weight excluding hydrogens is 376 g/mol. The Morgan fingerprint density at radius 1 is 0.929 bits per heavy atom. The molecule has 2 aliphatic carbocycles. The molecule has 5 nitrogen and oxygen atoms in total. The highest BCUT2D eigenvalue weighted by Crippen LogP contribution is 2.58. The summed E-state index contributed by atoms with van der Waals surface area (Å²) in [6.45, 7) is 0.798. The lowest BCUT2D eigenvalue weighted by molar-refractivity contribution is -0.0486. The second-order valence-corrected chi connectivity index (χ2v) is 9.82. The van der Waals surface area contributed by atoms with Crippen LogP contribution in [0.2, 0.25) is 0 Å². The molecule has 0 amide bonds. The smallest absolute Gasteiger partial charge is 0.264 e. The zero-order chi connectivity index (χ0) is 19.7. The first-order valence-corrected chi connectivity index (χ1v) is 11.5. The third-order valence-electron chi connectivity index (χ3n) is 5.92. The van der Waals surface area contributed by atoms with Gasteiger partial charge in [0.1, 0.15) is 11.5 Å². The Kier molecular flexibility index (Phi) is 5.21. The van der Waals surface area contributed by atoms with Crippen molar-refractivity contribution in [2.24, 2.45) is 5.41 Å².